The van der Waals surface area contributed by atoms with Gasteiger partial charge in [-0.2, -0.15) is 0 Å². The van der Waals surface area contributed by atoms with Crippen molar-refractivity contribution < 1.29 is 14.3 Å². The van der Waals surface area contributed by atoms with E-state index in [-0.39, 0.29) is 17.9 Å². The van der Waals surface area contributed by atoms with Crippen molar-refractivity contribution in [3.05, 3.63) is 28.5 Å². The zero-order valence-electron chi connectivity index (χ0n) is 10.8. The number of hydrogen-bond donors (Lipinski definition) is 1. The number of aliphatic carboxylic acids is 1. The van der Waals surface area contributed by atoms with Crippen molar-refractivity contribution in [3.8, 4) is 11.4 Å². The Balaban J connectivity index is 2.41. The van der Waals surface area contributed by atoms with Crippen LogP contribution in [0.4, 0.5) is 4.39 Å². The van der Waals surface area contributed by atoms with Crippen LogP contribution in [0.2, 0.25) is 0 Å². The highest BCUT2D eigenvalue weighted by molar-refractivity contribution is 9.10. The maximum Gasteiger partial charge on any atom is 0.310 e. The molecule has 0 amide bonds. The van der Waals surface area contributed by atoms with Crippen LogP contribution in [0.3, 0.4) is 0 Å². The third-order valence-corrected chi connectivity index (χ3v) is 3.32. The number of carbonyl (C=O) groups is 1. The lowest BCUT2D eigenvalue weighted by Gasteiger charge is -2.19. The Kier molecular flexibility index (Phi) is 3.85. The number of nitrogens with zero attached hydrogens (tertiary/aromatic N) is 4. The Hall–Kier alpha value is -1.83. The van der Waals surface area contributed by atoms with Crippen LogP contribution in [-0.4, -0.2) is 31.3 Å². The highest BCUT2D eigenvalue weighted by atomic mass is 79.9. The number of benzene rings is 1. The van der Waals surface area contributed by atoms with Crippen LogP contribution in [0.1, 0.15) is 13.8 Å². The molecule has 0 aliphatic heterocycles. The smallest absolute Gasteiger partial charge is 0.310 e. The number of aromatic nitrogens is 4. The molecule has 2 aromatic rings. The molecule has 0 aliphatic carbocycles. The molecule has 0 unspecified atom stereocenters. The minimum absolute atomic E-state index is 0.0418. The van der Waals surface area contributed by atoms with E-state index in [2.05, 4.69) is 31.5 Å². The van der Waals surface area contributed by atoms with Crippen LogP contribution in [0, 0.1) is 11.2 Å². The van der Waals surface area contributed by atoms with Gasteiger partial charge in [-0.15, -0.1) is 5.10 Å². The molecule has 0 bridgehead atoms. The van der Waals surface area contributed by atoms with E-state index in [4.69, 9.17) is 5.11 Å². The lowest BCUT2D eigenvalue weighted by molar-refractivity contribution is -0.147. The molecule has 20 heavy (non-hydrogen) atoms. The van der Waals surface area contributed by atoms with Gasteiger partial charge in [0, 0.05) is 4.47 Å². The Bertz CT molecular complexity index is 657. The van der Waals surface area contributed by atoms with E-state index in [0.717, 1.165) is 0 Å². The second kappa shape index (κ2) is 5.28. The largest absolute Gasteiger partial charge is 0.481 e. The summed E-state index contributed by atoms with van der Waals surface area (Å²) in [4.78, 5) is 11.1. The number of hydrogen-bond acceptors (Lipinski definition) is 4. The number of carboxylic acids is 1. The monoisotopic (exact) mass is 342 g/mol. The van der Waals surface area contributed by atoms with Crippen molar-refractivity contribution in [2.75, 3.05) is 0 Å². The molecule has 0 atom stereocenters. The van der Waals surface area contributed by atoms with Gasteiger partial charge in [0.15, 0.2) is 5.82 Å². The summed E-state index contributed by atoms with van der Waals surface area (Å²) in [7, 11) is 0. The van der Waals surface area contributed by atoms with Crippen LogP contribution >= 0.6 is 15.9 Å². The average Bonchev–Trinajstić information content (AvgIpc) is 2.76. The predicted octanol–water partition coefficient (Wildman–Crippen LogP) is 2.35. The second-order valence-corrected chi connectivity index (χ2v) is 5.89. The van der Waals surface area contributed by atoms with E-state index >= 15 is 0 Å². The third kappa shape index (κ3) is 2.84. The van der Waals surface area contributed by atoms with Crippen LogP contribution < -0.4 is 0 Å². The molecular formula is C12H12BrFN4O2. The Morgan fingerprint density at radius 1 is 1.50 bits per heavy atom. The van der Waals surface area contributed by atoms with Crippen molar-refractivity contribution >= 4 is 21.9 Å². The summed E-state index contributed by atoms with van der Waals surface area (Å²) in [5.41, 5.74) is -0.838. The summed E-state index contributed by atoms with van der Waals surface area (Å²) in [5, 5.41) is 20.1. The van der Waals surface area contributed by atoms with E-state index in [0.29, 0.717) is 4.47 Å². The fourth-order valence-electron chi connectivity index (χ4n) is 1.62. The molecule has 8 heteroatoms. The second-order valence-electron chi connectivity index (χ2n) is 4.97. The minimum Gasteiger partial charge on any atom is -0.481 e. The first kappa shape index (κ1) is 14.6. The van der Waals surface area contributed by atoms with Gasteiger partial charge in [0.05, 0.1) is 17.5 Å². The summed E-state index contributed by atoms with van der Waals surface area (Å²) < 4.78 is 15.8. The first-order chi connectivity index (χ1) is 9.31. The van der Waals surface area contributed by atoms with Gasteiger partial charge in [-0.3, -0.25) is 4.79 Å². The minimum atomic E-state index is -1.06. The van der Waals surface area contributed by atoms with Gasteiger partial charge in [-0.1, -0.05) is 15.9 Å². The lowest BCUT2D eigenvalue weighted by atomic mass is 9.94. The molecule has 106 valence electrons. The van der Waals surface area contributed by atoms with Gasteiger partial charge in [0.1, 0.15) is 5.82 Å². The summed E-state index contributed by atoms with van der Waals surface area (Å²) in [6, 6.07) is 4.51. The number of rotatable bonds is 4. The van der Waals surface area contributed by atoms with Crippen molar-refractivity contribution in [1.29, 1.82) is 0 Å². The van der Waals surface area contributed by atoms with Crippen molar-refractivity contribution in [2.45, 2.75) is 20.4 Å². The zero-order valence-corrected chi connectivity index (χ0v) is 12.4. The van der Waals surface area contributed by atoms with Crippen LogP contribution in [-0.2, 0) is 11.3 Å². The Morgan fingerprint density at radius 2 is 2.20 bits per heavy atom. The fourth-order valence-corrected chi connectivity index (χ4v) is 1.95. The van der Waals surface area contributed by atoms with Gasteiger partial charge in [0.2, 0.25) is 0 Å². The van der Waals surface area contributed by atoms with Gasteiger partial charge >= 0.3 is 5.97 Å². The molecule has 1 N–H and O–H groups in total. The van der Waals surface area contributed by atoms with E-state index in [1.807, 2.05) is 0 Å². The first-order valence-corrected chi connectivity index (χ1v) is 6.55. The van der Waals surface area contributed by atoms with Crippen LogP contribution in [0.25, 0.3) is 11.4 Å². The quantitative estimate of drug-likeness (QED) is 0.922. The van der Waals surface area contributed by atoms with Crippen LogP contribution in [0.15, 0.2) is 22.7 Å². The molecule has 1 heterocycles. The third-order valence-electron chi connectivity index (χ3n) is 2.83. The summed E-state index contributed by atoms with van der Waals surface area (Å²) in [6.45, 7) is 3.15. The molecule has 0 saturated carbocycles. The van der Waals surface area contributed by atoms with Crippen molar-refractivity contribution in [1.82, 2.24) is 20.2 Å². The molecule has 0 radical (unpaired) electrons. The molecular weight excluding hydrogens is 331 g/mol. The van der Waals surface area contributed by atoms with E-state index < -0.39 is 17.2 Å². The molecule has 6 nitrogen and oxygen atoms in total. The highest BCUT2D eigenvalue weighted by Crippen LogP contribution is 2.26. The normalized spacial score (nSPS) is 11.6. The maximum absolute atomic E-state index is 13.9. The Morgan fingerprint density at radius 3 is 2.80 bits per heavy atom. The topological polar surface area (TPSA) is 80.9 Å². The fraction of sp³-hybridized carbons (Fsp3) is 0.333. The zero-order chi connectivity index (χ0) is 14.9. The Labute approximate surface area is 122 Å². The molecule has 0 saturated heterocycles. The van der Waals surface area contributed by atoms with E-state index in [1.54, 1.807) is 19.9 Å². The van der Waals surface area contributed by atoms with Gasteiger partial charge < -0.3 is 5.11 Å². The lowest BCUT2D eigenvalue weighted by Crippen LogP contribution is -2.30. The molecule has 2 rings (SSSR count). The molecule has 0 fully saturated rings. The summed E-state index contributed by atoms with van der Waals surface area (Å²) in [6.07, 6.45) is 0. The molecule has 1 aromatic heterocycles. The maximum atomic E-state index is 13.9. The first-order valence-electron chi connectivity index (χ1n) is 5.76. The SMILES string of the molecule is CC(C)(Cn1nnnc1-c1ccc(Br)cc1F)C(=O)O. The van der Waals surface area contributed by atoms with Crippen LogP contribution in [0.5, 0.6) is 0 Å². The van der Waals surface area contributed by atoms with Gasteiger partial charge in [0.25, 0.3) is 0 Å². The van der Waals surface area contributed by atoms with Crippen molar-refractivity contribution in [3.63, 3.8) is 0 Å². The highest BCUT2D eigenvalue weighted by Gasteiger charge is 2.30. The molecule has 0 aliphatic rings. The number of carboxylic acid groups (broad SMARTS) is 1. The van der Waals surface area contributed by atoms with E-state index in [9.17, 15) is 9.18 Å². The molecule has 0 spiro atoms. The summed E-state index contributed by atoms with van der Waals surface area (Å²) in [5.74, 6) is -1.26. The average molecular weight is 343 g/mol. The predicted molar refractivity (Wildman–Crippen MR) is 72.3 cm³/mol. The summed E-state index contributed by atoms with van der Waals surface area (Å²) >= 11 is 3.17. The van der Waals surface area contributed by atoms with Gasteiger partial charge in [-0.05, 0) is 42.5 Å². The molecule has 1 aromatic carbocycles. The number of halogens is 2. The van der Waals surface area contributed by atoms with E-state index in [1.165, 1.54) is 16.8 Å². The van der Waals surface area contributed by atoms with Gasteiger partial charge in [-0.25, -0.2) is 9.07 Å². The number of tetrazole rings is 1. The van der Waals surface area contributed by atoms with Crippen molar-refractivity contribution in [2.24, 2.45) is 5.41 Å². The standard InChI is InChI=1S/C12H12BrFN4O2/c1-12(2,11(19)20)6-18-10(15-16-17-18)8-4-3-7(13)5-9(8)14/h3-5H,6H2,1-2H3,(H,19,20).